The van der Waals surface area contributed by atoms with Gasteiger partial charge in [0.15, 0.2) is 36.8 Å². The number of hydrogen-bond donors (Lipinski definition) is 0. The van der Waals surface area contributed by atoms with Crippen molar-refractivity contribution < 1.29 is 90.5 Å². The maximum atomic E-state index is 12.3. The first-order valence-electron chi connectivity index (χ1n) is 14.2. The normalized spacial score (nSPS) is 30.0. The molecule has 2 aliphatic heterocycles. The Kier molecular flexibility index (Phi) is 14.5. The lowest BCUT2D eigenvalue weighted by Gasteiger charge is -2.48. The topological polar surface area (TPSA) is 238 Å². The molecule has 0 radical (unpaired) electrons. The van der Waals surface area contributed by atoms with E-state index in [9.17, 15) is 38.4 Å². The molecule has 0 amide bonds. The Morgan fingerprint density at radius 2 is 0.702 bits per heavy atom. The van der Waals surface area contributed by atoms with E-state index in [4.69, 9.17) is 52.1 Å². The molecule has 2 rings (SSSR count). The van der Waals surface area contributed by atoms with Gasteiger partial charge in [-0.2, -0.15) is 0 Å². The van der Waals surface area contributed by atoms with Crippen molar-refractivity contribution >= 4 is 47.8 Å². The summed E-state index contributed by atoms with van der Waals surface area (Å²) >= 11 is 0. The van der Waals surface area contributed by atoms with Crippen LogP contribution < -0.4 is 0 Å². The molecule has 0 bridgehead atoms. The van der Waals surface area contributed by atoms with Crippen LogP contribution in [0.25, 0.3) is 0 Å². The summed E-state index contributed by atoms with van der Waals surface area (Å²) in [5.41, 5.74) is 0. The van der Waals surface area contributed by atoms with Crippen LogP contribution in [-0.2, 0) is 90.5 Å². The van der Waals surface area contributed by atoms with Crippen LogP contribution in [0.4, 0.5) is 0 Å². The van der Waals surface area contributed by atoms with Crippen LogP contribution in [0, 0.1) is 0 Å². The van der Waals surface area contributed by atoms with Gasteiger partial charge in [0.2, 0.25) is 6.29 Å². The van der Waals surface area contributed by atoms with Crippen LogP contribution in [0.3, 0.4) is 0 Å². The van der Waals surface area contributed by atoms with Gasteiger partial charge in [-0.15, -0.1) is 0 Å². The van der Waals surface area contributed by atoms with E-state index in [1.165, 1.54) is 0 Å². The highest BCUT2D eigenvalue weighted by atomic mass is 16.8. The zero-order valence-electron chi connectivity index (χ0n) is 26.9. The number of carbonyl (C=O) groups excluding carboxylic acids is 8. The standard InChI is InChI=1S/C28H38O19/c1-11(29)37-9-19-21(39-13(3)31)23(41-15(5)33)25(42-16(6)34)28(46-19)47-24-22(40-14(4)32)20(10-38-12(2)30)45-27(44-18(8)36)26(24)43-17(7)35/h19-28H,9-10H2,1-8H3/t19-,20+,21-,22+,23+,24-,25-,26+,27?,28+/m1/s1. The summed E-state index contributed by atoms with van der Waals surface area (Å²) in [5.74, 6) is -7.04. The largest absolute Gasteiger partial charge is 0.463 e. The fourth-order valence-corrected chi connectivity index (χ4v) is 4.73. The van der Waals surface area contributed by atoms with Crippen molar-refractivity contribution in [3.05, 3.63) is 0 Å². The van der Waals surface area contributed by atoms with Gasteiger partial charge in [-0.25, -0.2) is 0 Å². The molecule has 2 saturated heterocycles. The third-order valence-electron chi connectivity index (χ3n) is 6.17. The van der Waals surface area contributed by atoms with Gasteiger partial charge in [-0.3, -0.25) is 38.4 Å². The van der Waals surface area contributed by atoms with Crippen molar-refractivity contribution in [2.24, 2.45) is 0 Å². The van der Waals surface area contributed by atoms with Gasteiger partial charge in [-0.05, 0) is 0 Å². The first-order valence-corrected chi connectivity index (χ1v) is 14.2. The van der Waals surface area contributed by atoms with Crippen LogP contribution in [0.15, 0.2) is 0 Å². The molecule has 0 aromatic carbocycles. The summed E-state index contributed by atoms with van der Waals surface area (Å²) < 4.78 is 60.2. The lowest BCUT2D eigenvalue weighted by molar-refractivity contribution is -0.358. The lowest BCUT2D eigenvalue weighted by Crippen LogP contribution is -2.67. The highest BCUT2D eigenvalue weighted by molar-refractivity contribution is 5.69. The number of carbonyl (C=O) groups is 8. The van der Waals surface area contributed by atoms with E-state index in [0.717, 1.165) is 55.4 Å². The second-order valence-electron chi connectivity index (χ2n) is 10.3. The molecule has 1 unspecified atom stereocenters. The Morgan fingerprint density at radius 3 is 1.09 bits per heavy atom. The second-order valence-corrected chi connectivity index (χ2v) is 10.3. The van der Waals surface area contributed by atoms with E-state index < -0.39 is 122 Å². The third kappa shape index (κ3) is 12.1. The second kappa shape index (κ2) is 17.5. The maximum absolute atomic E-state index is 12.3. The summed E-state index contributed by atoms with van der Waals surface area (Å²) in [6.45, 7) is 7.06. The molecular weight excluding hydrogens is 640 g/mol. The van der Waals surface area contributed by atoms with E-state index in [0.29, 0.717) is 0 Å². The Morgan fingerprint density at radius 1 is 0.383 bits per heavy atom. The number of esters is 8. The Labute approximate surface area is 268 Å². The van der Waals surface area contributed by atoms with Gasteiger partial charge >= 0.3 is 47.8 Å². The molecule has 0 saturated carbocycles. The van der Waals surface area contributed by atoms with Crippen LogP contribution in [0.1, 0.15) is 55.4 Å². The van der Waals surface area contributed by atoms with E-state index >= 15 is 0 Å². The first kappa shape index (κ1) is 38.8. The molecule has 0 aromatic heterocycles. The minimum atomic E-state index is -1.86. The molecule has 0 aliphatic carbocycles. The minimum absolute atomic E-state index is 0.587. The van der Waals surface area contributed by atoms with Gasteiger partial charge in [0, 0.05) is 55.4 Å². The average molecular weight is 679 g/mol. The zero-order chi connectivity index (χ0) is 35.6. The molecule has 0 spiro atoms. The van der Waals surface area contributed by atoms with Gasteiger partial charge in [-0.1, -0.05) is 0 Å². The minimum Gasteiger partial charge on any atom is -0.463 e. The molecule has 0 N–H and O–H groups in total. The first-order chi connectivity index (χ1) is 21.9. The van der Waals surface area contributed by atoms with Gasteiger partial charge < -0.3 is 52.1 Å². The number of hydrogen-bond acceptors (Lipinski definition) is 19. The molecule has 2 heterocycles. The van der Waals surface area contributed by atoms with E-state index in [-0.39, 0.29) is 0 Å². The molecule has 47 heavy (non-hydrogen) atoms. The Hall–Kier alpha value is -4.36. The van der Waals surface area contributed by atoms with Crippen molar-refractivity contribution in [2.45, 2.75) is 117 Å². The van der Waals surface area contributed by atoms with Crippen molar-refractivity contribution in [3.8, 4) is 0 Å². The van der Waals surface area contributed by atoms with E-state index in [1.54, 1.807) is 0 Å². The predicted octanol–water partition coefficient (Wildman–Crippen LogP) is -0.831. The SMILES string of the molecule is CC(=O)OC[C@@H]1OC(OC(C)=O)[C@@H](OC(C)=O)[C@H](O[C@@H]2O[C@H](COC(C)=O)[C@@H](OC(C)=O)[C@H](OC(C)=O)[C@H]2OC(C)=O)[C@H]1OC(C)=O. The van der Waals surface area contributed by atoms with Crippen LogP contribution in [-0.4, -0.2) is 122 Å². The van der Waals surface area contributed by atoms with E-state index in [2.05, 4.69) is 0 Å². The van der Waals surface area contributed by atoms with Crippen molar-refractivity contribution in [2.75, 3.05) is 13.2 Å². The zero-order valence-corrected chi connectivity index (χ0v) is 26.9. The van der Waals surface area contributed by atoms with Gasteiger partial charge in [0.25, 0.3) is 0 Å². The Balaban J connectivity index is 2.75. The van der Waals surface area contributed by atoms with Crippen LogP contribution in [0.5, 0.6) is 0 Å². The molecule has 2 aliphatic rings. The quantitative estimate of drug-likeness (QED) is 0.181. The fourth-order valence-electron chi connectivity index (χ4n) is 4.73. The van der Waals surface area contributed by atoms with Gasteiger partial charge in [0.05, 0.1) is 0 Å². The highest BCUT2D eigenvalue weighted by Crippen LogP contribution is 2.35. The van der Waals surface area contributed by atoms with Crippen LogP contribution >= 0.6 is 0 Å². The lowest BCUT2D eigenvalue weighted by atomic mass is 9.96. The molecule has 19 nitrogen and oxygen atoms in total. The third-order valence-corrected chi connectivity index (χ3v) is 6.17. The molecule has 2 fully saturated rings. The number of ether oxygens (including phenoxy) is 11. The predicted molar refractivity (Wildman–Crippen MR) is 145 cm³/mol. The van der Waals surface area contributed by atoms with E-state index in [1.807, 2.05) is 0 Å². The maximum Gasteiger partial charge on any atom is 0.305 e. The molecule has 0 aromatic rings. The monoisotopic (exact) mass is 678 g/mol. The van der Waals surface area contributed by atoms with Crippen molar-refractivity contribution in [3.63, 3.8) is 0 Å². The molecular formula is C28H38O19. The van der Waals surface area contributed by atoms with Gasteiger partial charge in [0.1, 0.15) is 31.5 Å². The van der Waals surface area contributed by atoms with Crippen molar-refractivity contribution in [1.82, 2.24) is 0 Å². The summed E-state index contributed by atoms with van der Waals surface area (Å²) in [6.07, 6.45) is -16.4. The average Bonchev–Trinajstić information content (AvgIpc) is 2.91. The summed E-state index contributed by atoms with van der Waals surface area (Å²) in [4.78, 5) is 96.4. The summed E-state index contributed by atoms with van der Waals surface area (Å²) in [5, 5.41) is 0. The number of rotatable bonds is 12. The fraction of sp³-hybridized carbons (Fsp3) is 0.714. The Bertz CT molecular complexity index is 1200. The van der Waals surface area contributed by atoms with Crippen molar-refractivity contribution in [1.29, 1.82) is 0 Å². The smallest absolute Gasteiger partial charge is 0.305 e. The summed E-state index contributed by atoms with van der Waals surface area (Å²) in [7, 11) is 0. The highest BCUT2D eigenvalue weighted by Gasteiger charge is 2.58. The van der Waals surface area contributed by atoms with Crippen LogP contribution in [0.2, 0.25) is 0 Å². The molecule has 10 atom stereocenters. The molecule has 264 valence electrons. The molecule has 19 heteroatoms. The summed E-state index contributed by atoms with van der Waals surface area (Å²) in [6, 6.07) is 0.